The van der Waals surface area contributed by atoms with Crippen LogP contribution in [0.2, 0.25) is 0 Å². The molecule has 0 radical (unpaired) electrons. The Morgan fingerprint density at radius 3 is 1.35 bits per heavy atom. The Kier molecular flexibility index (Phi) is 7.66. The quantitative estimate of drug-likeness (QED) is 0.313. The molecule has 8 nitrogen and oxygen atoms in total. The van der Waals surface area contributed by atoms with E-state index < -0.39 is 23.5 Å². The van der Waals surface area contributed by atoms with Crippen LogP contribution < -0.4 is 0 Å². The lowest BCUT2D eigenvalue weighted by molar-refractivity contribution is -0.360. The number of unbranched alkanes of at least 4 members (excludes halogenated alkanes) is 2. The number of aliphatic carboxylic acids is 2. The van der Waals surface area contributed by atoms with Crippen LogP contribution in [0.25, 0.3) is 0 Å². The molecular weight excluding hydrogens is 272 g/mol. The molecule has 0 saturated heterocycles. The Morgan fingerprint density at radius 2 is 1.15 bits per heavy atom. The van der Waals surface area contributed by atoms with E-state index >= 15 is 0 Å². The van der Waals surface area contributed by atoms with Crippen LogP contribution in [0, 0.1) is 0 Å². The van der Waals surface area contributed by atoms with Gasteiger partial charge in [-0.1, -0.05) is 26.7 Å². The Morgan fingerprint density at radius 1 is 0.850 bits per heavy atom. The minimum atomic E-state index is -3.37. The molecule has 2 unspecified atom stereocenters. The Balaban J connectivity index is 5.21. The third-order valence-electron chi connectivity index (χ3n) is 2.66. The van der Waals surface area contributed by atoms with Gasteiger partial charge in [0.25, 0.3) is 0 Å². The molecule has 0 aliphatic rings. The van der Waals surface area contributed by atoms with Gasteiger partial charge < -0.3 is 29.9 Å². The van der Waals surface area contributed by atoms with Crippen LogP contribution in [-0.4, -0.2) is 57.2 Å². The Labute approximate surface area is 116 Å². The second kappa shape index (κ2) is 8.15. The highest BCUT2D eigenvalue weighted by Crippen LogP contribution is 2.27. The summed E-state index contributed by atoms with van der Waals surface area (Å²) in [6.45, 7) is 3.13. The number of ether oxygens (including phenoxy) is 2. The summed E-state index contributed by atoms with van der Waals surface area (Å²) in [4.78, 5) is 22.2. The molecule has 0 aromatic rings. The first-order valence-electron chi connectivity index (χ1n) is 6.45. The first kappa shape index (κ1) is 18.8. The smallest absolute Gasteiger partial charge is 0.371 e. The lowest BCUT2D eigenvalue weighted by Gasteiger charge is -2.35. The third-order valence-corrected chi connectivity index (χ3v) is 2.66. The molecule has 2 atom stereocenters. The van der Waals surface area contributed by atoms with Gasteiger partial charge in [0.05, 0.1) is 13.2 Å². The van der Waals surface area contributed by atoms with Crippen molar-refractivity contribution in [1.29, 1.82) is 0 Å². The molecule has 0 bridgehead atoms. The van der Waals surface area contributed by atoms with Crippen LogP contribution in [0.3, 0.4) is 0 Å². The van der Waals surface area contributed by atoms with Gasteiger partial charge in [-0.2, -0.15) is 0 Å². The summed E-state index contributed by atoms with van der Waals surface area (Å²) in [7, 11) is 0. The summed E-state index contributed by atoms with van der Waals surface area (Å²) in [5.41, 5.74) is 0. The van der Waals surface area contributed by atoms with E-state index in [-0.39, 0.29) is 13.2 Å². The van der Waals surface area contributed by atoms with Crippen LogP contribution in [0.15, 0.2) is 0 Å². The number of aliphatic hydroxyl groups is 2. The monoisotopic (exact) mass is 294 g/mol. The maximum atomic E-state index is 11.1. The molecule has 0 heterocycles. The van der Waals surface area contributed by atoms with Crippen molar-refractivity contribution in [3.8, 4) is 0 Å². The standard InChI is InChI=1S/C12H22O8/c1-3-5-7-19-11(17,9(13)14)12(18,10(15)16)20-8-6-4-2/h17-18H,3-8H2,1-2H3,(H,13,14)(H,15,16). The van der Waals surface area contributed by atoms with Crippen molar-refractivity contribution in [2.45, 2.75) is 51.1 Å². The number of hydrogen-bond donors (Lipinski definition) is 4. The molecule has 4 N–H and O–H groups in total. The van der Waals surface area contributed by atoms with Crippen LogP contribution in [0.1, 0.15) is 39.5 Å². The highest BCUT2D eigenvalue weighted by Gasteiger charge is 2.64. The molecule has 20 heavy (non-hydrogen) atoms. The molecule has 8 heteroatoms. The number of carboxylic acid groups (broad SMARTS) is 2. The van der Waals surface area contributed by atoms with Gasteiger partial charge in [0.2, 0.25) is 0 Å². The van der Waals surface area contributed by atoms with E-state index in [1.807, 2.05) is 0 Å². The molecule has 0 fully saturated rings. The zero-order valence-electron chi connectivity index (χ0n) is 11.7. The van der Waals surface area contributed by atoms with E-state index in [1.54, 1.807) is 13.8 Å². The number of rotatable bonds is 11. The van der Waals surface area contributed by atoms with Crippen molar-refractivity contribution in [1.82, 2.24) is 0 Å². The number of hydrogen-bond acceptors (Lipinski definition) is 6. The first-order valence-corrected chi connectivity index (χ1v) is 6.45. The van der Waals surface area contributed by atoms with Crippen LogP contribution in [0.5, 0.6) is 0 Å². The highest BCUT2D eigenvalue weighted by molar-refractivity contribution is 5.88. The lowest BCUT2D eigenvalue weighted by Crippen LogP contribution is -2.66. The van der Waals surface area contributed by atoms with Crippen molar-refractivity contribution < 1.29 is 39.5 Å². The lowest BCUT2D eigenvalue weighted by atomic mass is 10.1. The second-order valence-electron chi connectivity index (χ2n) is 4.30. The third kappa shape index (κ3) is 4.14. The van der Waals surface area contributed by atoms with E-state index in [1.165, 1.54) is 0 Å². The van der Waals surface area contributed by atoms with E-state index in [0.29, 0.717) is 25.7 Å². The van der Waals surface area contributed by atoms with Crippen LogP contribution in [-0.2, 0) is 19.1 Å². The van der Waals surface area contributed by atoms with Gasteiger partial charge >= 0.3 is 23.5 Å². The topological polar surface area (TPSA) is 134 Å². The highest BCUT2D eigenvalue weighted by atomic mass is 16.7. The fourth-order valence-corrected chi connectivity index (χ4v) is 1.34. The Bertz CT molecular complexity index is 299. The predicted molar refractivity (Wildman–Crippen MR) is 66.9 cm³/mol. The van der Waals surface area contributed by atoms with E-state index in [2.05, 4.69) is 9.47 Å². The maximum absolute atomic E-state index is 11.1. The molecule has 0 aromatic heterocycles. The molecule has 0 aliphatic heterocycles. The van der Waals surface area contributed by atoms with Crippen molar-refractivity contribution in [3.63, 3.8) is 0 Å². The summed E-state index contributed by atoms with van der Waals surface area (Å²) >= 11 is 0. The average molecular weight is 294 g/mol. The van der Waals surface area contributed by atoms with Crippen molar-refractivity contribution >= 4 is 11.9 Å². The van der Waals surface area contributed by atoms with Gasteiger partial charge in [0, 0.05) is 0 Å². The normalized spacial score (nSPS) is 17.2. The maximum Gasteiger partial charge on any atom is 0.371 e. The zero-order chi connectivity index (χ0) is 15.8. The number of carbonyl (C=O) groups is 2. The largest absolute Gasteiger partial charge is 0.477 e. The van der Waals surface area contributed by atoms with E-state index in [4.69, 9.17) is 10.2 Å². The second-order valence-corrected chi connectivity index (χ2v) is 4.30. The molecule has 118 valence electrons. The summed E-state index contributed by atoms with van der Waals surface area (Å²) < 4.78 is 9.38. The Hall–Kier alpha value is -1.22. The fourth-order valence-electron chi connectivity index (χ4n) is 1.34. The minimum Gasteiger partial charge on any atom is -0.477 e. The SMILES string of the molecule is CCCCOC(O)(C(=O)O)C(O)(OCCCC)C(=O)O. The van der Waals surface area contributed by atoms with Crippen molar-refractivity contribution in [2.24, 2.45) is 0 Å². The van der Waals surface area contributed by atoms with Gasteiger partial charge in [-0.25, -0.2) is 9.59 Å². The van der Waals surface area contributed by atoms with Crippen LogP contribution >= 0.6 is 0 Å². The molecule has 0 amide bonds. The zero-order valence-corrected chi connectivity index (χ0v) is 11.7. The van der Waals surface area contributed by atoms with Crippen LogP contribution in [0.4, 0.5) is 0 Å². The average Bonchev–Trinajstić information content (AvgIpc) is 2.38. The summed E-state index contributed by atoms with van der Waals surface area (Å²) in [6, 6.07) is 0. The van der Waals surface area contributed by atoms with Crippen molar-refractivity contribution in [3.05, 3.63) is 0 Å². The molecule has 0 rings (SSSR count). The molecule has 0 aliphatic carbocycles. The summed E-state index contributed by atoms with van der Waals surface area (Å²) in [6.07, 6.45) is 2.05. The molecular formula is C12H22O8. The van der Waals surface area contributed by atoms with Gasteiger partial charge in [-0.3, -0.25) is 0 Å². The summed E-state index contributed by atoms with van der Waals surface area (Å²) in [5, 5.41) is 37.8. The molecule has 0 saturated carbocycles. The minimum absolute atomic E-state index is 0.230. The van der Waals surface area contributed by atoms with Crippen molar-refractivity contribution in [2.75, 3.05) is 13.2 Å². The summed E-state index contributed by atoms with van der Waals surface area (Å²) in [5.74, 6) is -10.8. The van der Waals surface area contributed by atoms with E-state index in [0.717, 1.165) is 0 Å². The van der Waals surface area contributed by atoms with Gasteiger partial charge in [-0.15, -0.1) is 0 Å². The fraction of sp³-hybridized carbons (Fsp3) is 0.833. The van der Waals surface area contributed by atoms with Gasteiger partial charge in [0.1, 0.15) is 0 Å². The van der Waals surface area contributed by atoms with Gasteiger partial charge in [0.15, 0.2) is 0 Å². The molecule has 0 spiro atoms. The first-order chi connectivity index (χ1) is 9.26. The van der Waals surface area contributed by atoms with E-state index in [9.17, 15) is 19.8 Å². The predicted octanol–water partition coefficient (Wildman–Crippen LogP) is 0.166. The van der Waals surface area contributed by atoms with Gasteiger partial charge in [-0.05, 0) is 12.8 Å². The molecule has 0 aromatic carbocycles. The number of carboxylic acids is 2.